The molecule has 0 saturated carbocycles. The zero-order chi connectivity index (χ0) is 9.68. The summed E-state index contributed by atoms with van der Waals surface area (Å²) in [7, 11) is 0. The average molecular weight is 197 g/mol. The summed E-state index contributed by atoms with van der Waals surface area (Å²) in [6.45, 7) is 0.595. The Labute approximate surface area is 81.7 Å². The van der Waals surface area contributed by atoms with Crippen LogP contribution in [-0.4, -0.2) is 10.2 Å². The topological polar surface area (TPSA) is 70.3 Å². The lowest BCUT2D eigenvalue weighted by Crippen LogP contribution is -2.40. The van der Waals surface area contributed by atoms with Gasteiger partial charge in [-0.1, -0.05) is 12.1 Å². The molecule has 0 aliphatic carbocycles. The second-order valence-corrected chi connectivity index (χ2v) is 2.95. The van der Waals surface area contributed by atoms with Crippen LogP contribution in [0.5, 0.6) is 5.75 Å². The molecule has 0 fully saturated rings. The molecular formula is C8H11N3OS. The van der Waals surface area contributed by atoms with Crippen molar-refractivity contribution < 1.29 is 5.11 Å². The molecule has 70 valence electrons. The van der Waals surface area contributed by atoms with Crippen molar-refractivity contribution in [2.75, 3.05) is 0 Å². The standard InChI is InChI=1S/C8H11N3OS/c9-8(13)11-10-5-6-1-3-7(12)4-2-6/h1-4,10,12H,5H2,(H3,9,11,13). The summed E-state index contributed by atoms with van der Waals surface area (Å²) in [6.07, 6.45) is 0. The molecule has 4 nitrogen and oxygen atoms in total. The maximum atomic E-state index is 8.99. The van der Waals surface area contributed by atoms with Crippen molar-refractivity contribution in [1.29, 1.82) is 0 Å². The largest absolute Gasteiger partial charge is 0.508 e. The number of phenols is 1. The van der Waals surface area contributed by atoms with Crippen LogP contribution in [0.4, 0.5) is 0 Å². The minimum Gasteiger partial charge on any atom is -0.508 e. The molecule has 0 amide bonds. The predicted octanol–water partition coefficient (Wildman–Crippen LogP) is 0.230. The monoisotopic (exact) mass is 197 g/mol. The van der Waals surface area contributed by atoms with Crippen molar-refractivity contribution >= 4 is 17.3 Å². The van der Waals surface area contributed by atoms with E-state index in [1.54, 1.807) is 12.1 Å². The molecule has 0 atom stereocenters. The van der Waals surface area contributed by atoms with Crippen LogP contribution >= 0.6 is 12.2 Å². The third kappa shape index (κ3) is 3.73. The highest BCUT2D eigenvalue weighted by Crippen LogP contribution is 2.08. The van der Waals surface area contributed by atoms with Gasteiger partial charge in [-0.15, -0.1) is 0 Å². The first-order valence-corrected chi connectivity index (χ1v) is 4.15. The summed E-state index contributed by atoms with van der Waals surface area (Å²) in [4.78, 5) is 0. The Morgan fingerprint density at radius 3 is 2.54 bits per heavy atom. The number of hydrazine groups is 1. The Bertz CT molecular complexity index is 286. The number of phenolic OH excluding ortho intramolecular Hbond substituents is 1. The minimum atomic E-state index is 0.207. The number of nitrogens with two attached hydrogens (primary N) is 1. The van der Waals surface area contributed by atoms with Gasteiger partial charge in [-0.2, -0.15) is 0 Å². The molecular weight excluding hydrogens is 186 g/mol. The van der Waals surface area contributed by atoms with Crippen molar-refractivity contribution in [1.82, 2.24) is 10.9 Å². The highest BCUT2D eigenvalue weighted by atomic mass is 32.1. The normalized spacial score (nSPS) is 9.54. The van der Waals surface area contributed by atoms with Gasteiger partial charge in [0.15, 0.2) is 5.11 Å². The Balaban J connectivity index is 2.37. The molecule has 1 rings (SSSR count). The molecule has 5 heteroatoms. The number of benzene rings is 1. The number of rotatable bonds is 3. The lowest BCUT2D eigenvalue weighted by Gasteiger charge is -2.05. The van der Waals surface area contributed by atoms with Crippen LogP contribution < -0.4 is 16.6 Å². The van der Waals surface area contributed by atoms with Crippen molar-refractivity contribution in [3.8, 4) is 5.75 Å². The summed E-state index contributed by atoms with van der Waals surface area (Å²) in [5.74, 6) is 0.256. The van der Waals surface area contributed by atoms with E-state index in [0.717, 1.165) is 5.56 Å². The van der Waals surface area contributed by atoms with Crippen molar-refractivity contribution in [2.24, 2.45) is 5.73 Å². The molecule has 1 aromatic rings. The number of aromatic hydroxyl groups is 1. The fourth-order valence-electron chi connectivity index (χ4n) is 0.847. The predicted molar refractivity (Wildman–Crippen MR) is 54.9 cm³/mol. The Morgan fingerprint density at radius 1 is 1.38 bits per heavy atom. The SMILES string of the molecule is NC(=S)NNCc1ccc(O)cc1. The summed E-state index contributed by atoms with van der Waals surface area (Å²) in [5.41, 5.74) is 11.7. The number of hydrogen-bond acceptors (Lipinski definition) is 3. The van der Waals surface area contributed by atoms with Crippen LogP contribution in [0.1, 0.15) is 5.56 Å². The van der Waals surface area contributed by atoms with Gasteiger partial charge in [0.1, 0.15) is 5.75 Å². The molecule has 0 aliphatic rings. The molecule has 0 saturated heterocycles. The van der Waals surface area contributed by atoms with E-state index in [4.69, 9.17) is 10.8 Å². The van der Waals surface area contributed by atoms with Crippen LogP contribution in [0.15, 0.2) is 24.3 Å². The zero-order valence-electron chi connectivity index (χ0n) is 6.95. The second-order valence-electron chi connectivity index (χ2n) is 2.51. The van der Waals surface area contributed by atoms with E-state index >= 15 is 0 Å². The molecule has 0 bridgehead atoms. The van der Waals surface area contributed by atoms with Crippen molar-refractivity contribution in [3.63, 3.8) is 0 Å². The summed E-state index contributed by atoms with van der Waals surface area (Å²) in [6, 6.07) is 6.86. The molecule has 0 aliphatic heterocycles. The van der Waals surface area contributed by atoms with E-state index in [9.17, 15) is 0 Å². The molecule has 0 unspecified atom stereocenters. The maximum Gasteiger partial charge on any atom is 0.178 e. The lowest BCUT2D eigenvalue weighted by molar-refractivity contribution is 0.475. The zero-order valence-corrected chi connectivity index (χ0v) is 7.77. The number of nitrogens with one attached hydrogen (secondary N) is 2. The molecule has 1 aromatic carbocycles. The third-order valence-corrected chi connectivity index (χ3v) is 1.54. The van der Waals surface area contributed by atoms with Crippen molar-refractivity contribution in [3.05, 3.63) is 29.8 Å². The van der Waals surface area contributed by atoms with Gasteiger partial charge in [-0.05, 0) is 29.9 Å². The van der Waals surface area contributed by atoms with Gasteiger partial charge in [0, 0.05) is 6.54 Å². The first-order chi connectivity index (χ1) is 6.18. The van der Waals surface area contributed by atoms with Gasteiger partial charge < -0.3 is 10.8 Å². The summed E-state index contributed by atoms with van der Waals surface area (Å²) < 4.78 is 0. The average Bonchev–Trinajstić information content (AvgIpc) is 2.08. The van der Waals surface area contributed by atoms with Crippen LogP contribution in [0.2, 0.25) is 0 Å². The lowest BCUT2D eigenvalue weighted by atomic mass is 10.2. The van der Waals surface area contributed by atoms with E-state index in [1.807, 2.05) is 12.1 Å². The smallest absolute Gasteiger partial charge is 0.178 e. The van der Waals surface area contributed by atoms with Gasteiger partial charge in [-0.25, -0.2) is 5.43 Å². The van der Waals surface area contributed by atoms with Crippen LogP contribution in [-0.2, 0) is 6.54 Å². The molecule has 13 heavy (non-hydrogen) atoms. The Kier molecular flexibility index (Phi) is 3.48. The van der Waals surface area contributed by atoms with Crippen LogP contribution in [0.25, 0.3) is 0 Å². The second kappa shape index (κ2) is 4.64. The van der Waals surface area contributed by atoms with E-state index in [0.29, 0.717) is 6.54 Å². The fourth-order valence-corrected chi connectivity index (χ4v) is 0.919. The molecule has 0 heterocycles. The van der Waals surface area contributed by atoms with E-state index in [1.165, 1.54) is 0 Å². The van der Waals surface area contributed by atoms with E-state index in [-0.39, 0.29) is 10.9 Å². The summed E-state index contributed by atoms with van der Waals surface area (Å²) in [5, 5.41) is 9.20. The maximum absolute atomic E-state index is 8.99. The van der Waals surface area contributed by atoms with Gasteiger partial charge in [0.05, 0.1) is 0 Å². The van der Waals surface area contributed by atoms with Crippen molar-refractivity contribution in [2.45, 2.75) is 6.54 Å². The van der Waals surface area contributed by atoms with E-state index < -0.39 is 0 Å². The molecule has 5 N–H and O–H groups in total. The quantitative estimate of drug-likeness (QED) is 0.412. The van der Waals surface area contributed by atoms with Crippen LogP contribution in [0, 0.1) is 0 Å². The Morgan fingerprint density at radius 2 is 2.00 bits per heavy atom. The molecule has 0 aromatic heterocycles. The molecule has 0 radical (unpaired) electrons. The third-order valence-electron chi connectivity index (χ3n) is 1.44. The Hall–Kier alpha value is -1.33. The van der Waals surface area contributed by atoms with Crippen LogP contribution in [0.3, 0.4) is 0 Å². The van der Waals surface area contributed by atoms with Gasteiger partial charge in [-0.3, -0.25) is 5.43 Å². The van der Waals surface area contributed by atoms with Gasteiger partial charge >= 0.3 is 0 Å². The number of hydrogen-bond donors (Lipinski definition) is 4. The van der Waals surface area contributed by atoms with Gasteiger partial charge in [0.25, 0.3) is 0 Å². The van der Waals surface area contributed by atoms with E-state index in [2.05, 4.69) is 23.1 Å². The first kappa shape index (κ1) is 9.76. The minimum absolute atomic E-state index is 0.207. The highest BCUT2D eigenvalue weighted by molar-refractivity contribution is 7.80. The molecule has 0 spiro atoms. The first-order valence-electron chi connectivity index (χ1n) is 3.74. The fraction of sp³-hybridized carbons (Fsp3) is 0.125. The van der Waals surface area contributed by atoms with Gasteiger partial charge in [0.2, 0.25) is 0 Å². The summed E-state index contributed by atoms with van der Waals surface area (Å²) >= 11 is 4.60. The number of thiocarbonyl (C=S) groups is 1. The highest BCUT2D eigenvalue weighted by Gasteiger charge is 1.92.